The van der Waals surface area contributed by atoms with Crippen LogP contribution in [0.3, 0.4) is 0 Å². The van der Waals surface area contributed by atoms with Gasteiger partial charge in [0, 0.05) is 57.7 Å². The Labute approximate surface area is 168 Å². The van der Waals surface area contributed by atoms with Crippen LogP contribution in [-0.4, -0.2) is 73.3 Å². The Bertz CT molecular complexity index is 750. The van der Waals surface area contributed by atoms with Crippen molar-refractivity contribution in [1.82, 2.24) is 14.3 Å². The van der Waals surface area contributed by atoms with Crippen LogP contribution in [0.4, 0.5) is 9.52 Å². The number of ether oxygens (including phenoxy) is 2. The van der Waals surface area contributed by atoms with Gasteiger partial charge in [0.1, 0.15) is 11.6 Å². The number of nitrogens with zero attached hydrogens (tertiary/aromatic N) is 4. The van der Waals surface area contributed by atoms with E-state index >= 15 is 0 Å². The van der Waals surface area contributed by atoms with Crippen LogP contribution < -0.4 is 4.90 Å². The van der Waals surface area contributed by atoms with E-state index in [0.29, 0.717) is 64.7 Å². The number of aromatic nitrogens is 2. The molecule has 0 N–H and O–H groups in total. The molecule has 0 bridgehead atoms. The first-order valence-electron chi connectivity index (χ1n) is 9.32. The van der Waals surface area contributed by atoms with Gasteiger partial charge in [0.2, 0.25) is 11.0 Å². The molecule has 152 valence electrons. The van der Waals surface area contributed by atoms with Crippen LogP contribution in [0.1, 0.15) is 17.8 Å². The Morgan fingerprint density at radius 1 is 1.29 bits per heavy atom. The molecule has 0 radical (unpaired) electrons. The third-order valence-corrected chi connectivity index (χ3v) is 5.34. The zero-order valence-electron chi connectivity index (χ0n) is 16.0. The SMILES string of the molecule is COCCN(CCC(=O)N1CCOCC1)c1nc(Cc2ccc(F)cc2)ns1. The number of rotatable bonds is 9. The summed E-state index contributed by atoms with van der Waals surface area (Å²) in [6, 6.07) is 6.34. The van der Waals surface area contributed by atoms with E-state index in [9.17, 15) is 9.18 Å². The lowest BCUT2D eigenvalue weighted by Crippen LogP contribution is -2.42. The molecule has 2 heterocycles. The standard InChI is InChI=1S/C19H25FN4O3S/c1-26-11-8-24(7-6-18(25)23-9-12-27-13-10-23)19-21-17(22-28-19)14-15-2-4-16(20)5-3-15/h2-5H,6-14H2,1H3. The molecule has 7 nitrogen and oxygen atoms in total. The van der Waals surface area contributed by atoms with Crippen molar-refractivity contribution in [3.8, 4) is 0 Å². The molecule has 1 saturated heterocycles. The highest BCUT2D eigenvalue weighted by atomic mass is 32.1. The van der Waals surface area contributed by atoms with Gasteiger partial charge in [-0.05, 0) is 17.7 Å². The zero-order valence-corrected chi connectivity index (χ0v) is 16.8. The van der Waals surface area contributed by atoms with Gasteiger partial charge in [0.15, 0.2) is 0 Å². The summed E-state index contributed by atoms with van der Waals surface area (Å²) in [5.41, 5.74) is 0.955. The second-order valence-electron chi connectivity index (χ2n) is 6.52. The van der Waals surface area contributed by atoms with E-state index in [1.165, 1.54) is 23.7 Å². The normalized spacial score (nSPS) is 14.3. The van der Waals surface area contributed by atoms with Gasteiger partial charge in [-0.3, -0.25) is 4.79 Å². The zero-order chi connectivity index (χ0) is 19.8. The van der Waals surface area contributed by atoms with Gasteiger partial charge < -0.3 is 19.3 Å². The summed E-state index contributed by atoms with van der Waals surface area (Å²) in [5, 5.41) is 0.768. The van der Waals surface area contributed by atoms with Crippen LogP contribution in [0.15, 0.2) is 24.3 Å². The van der Waals surface area contributed by atoms with Crippen LogP contribution in [-0.2, 0) is 20.7 Å². The Morgan fingerprint density at radius 3 is 2.75 bits per heavy atom. The number of hydrogen-bond acceptors (Lipinski definition) is 7. The van der Waals surface area contributed by atoms with E-state index < -0.39 is 0 Å². The van der Waals surface area contributed by atoms with Crippen molar-refractivity contribution in [2.24, 2.45) is 0 Å². The maximum absolute atomic E-state index is 13.1. The predicted molar refractivity (Wildman–Crippen MR) is 105 cm³/mol. The number of carbonyl (C=O) groups is 1. The number of carbonyl (C=O) groups excluding carboxylic acids is 1. The van der Waals surface area contributed by atoms with Crippen molar-refractivity contribution in [1.29, 1.82) is 0 Å². The second kappa shape index (κ2) is 10.4. The largest absolute Gasteiger partial charge is 0.383 e. The number of amides is 1. The van der Waals surface area contributed by atoms with Crippen molar-refractivity contribution in [2.75, 3.05) is 58.0 Å². The molecule has 3 rings (SSSR count). The fourth-order valence-electron chi connectivity index (χ4n) is 2.94. The molecular formula is C19H25FN4O3S. The number of hydrogen-bond donors (Lipinski definition) is 0. The van der Waals surface area contributed by atoms with Crippen LogP contribution in [0.5, 0.6) is 0 Å². The van der Waals surface area contributed by atoms with Crippen molar-refractivity contribution in [2.45, 2.75) is 12.8 Å². The molecule has 2 aromatic rings. The number of morpholine rings is 1. The molecular weight excluding hydrogens is 383 g/mol. The molecule has 1 fully saturated rings. The summed E-state index contributed by atoms with van der Waals surface area (Å²) in [6.45, 7) is 4.24. The average molecular weight is 408 g/mol. The topological polar surface area (TPSA) is 67.8 Å². The fraction of sp³-hybridized carbons (Fsp3) is 0.526. The Kier molecular flexibility index (Phi) is 7.70. The molecule has 1 aliphatic rings. The molecule has 0 unspecified atom stereocenters. The van der Waals surface area contributed by atoms with Crippen molar-refractivity contribution in [3.63, 3.8) is 0 Å². The van der Waals surface area contributed by atoms with Gasteiger partial charge in [-0.2, -0.15) is 4.37 Å². The summed E-state index contributed by atoms with van der Waals surface area (Å²) in [7, 11) is 1.65. The first-order chi connectivity index (χ1) is 13.7. The van der Waals surface area contributed by atoms with Crippen molar-refractivity contribution in [3.05, 3.63) is 41.5 Å². The Hall–Kier alpha value is -2.10. The minimum atomic E-state index is -0.258. The summed E-state index contributed by atoms with van der Waals surface area (Å²) >= 11 is 1.31. The molecule has 0 spiro atoms. The summed E-state index contributed by atoms with van der Waals surface area (Å²) in [4.78, 5) is 20.9. The fourth-order valence-corrected chi connectivity index (χ4v) is 3.67. The second-order valence-corrected chi connectivity index (χ2v) is 7.25. The van der Waals surface area contributed by atoms with E-state index in [1.807, 2.05) is 9.80 Å². The molecule has 1 aliphatic heterocycles. The average Bonchev–Trinajstić information content (AvgIpc) is 3.18. The summed E-state index contributed by atoms with van der Waals surface area (Å²) in [5.74, 6) is 0.557. The third kappa shape index (κ3) is 5.95. The number of methoxy groups -OCH3 is 1. The first kappa shape index (κ1) is 20.6. The first-order valence-corrected chi connectivity index (χ1v) is 10.1. The van der Waals surface area contributed by atoms with Gasteiger partial charge in [0.05, 0.1) is 19.8 Å². The third-order valence-electron chi connectivity index (χ3n) is 4.53. The van der Waals surface area contributed by atoms with E-state index in [-0.39, 0.29) is 11.7 Å². The van der Waals surface area contributed by atoms with Crippen LogP contribution in [0.25, 0.3) is 0 Å². The smallest absolute Gasteiger partial charge is 0.224 e. The number of anilines is 1. The molecule has 9 heteroatoms. The van der Waals surface area contributed by atoms with Crippen LogP contribution >= 0.6 is 11.5 Å². The minimum absolute atomic E-state index is 0.127. The van der Waals surface area contributed by atoms with Gasteiger partial charge >= 0.3 is 0 Å². The summed E-state index contributed by atoms with van der Waals surface area (Å²) in [6.07, 6.45) is 0.957. The monoisotopic (exact) mass is 408 g/mol. The Balaban J connectivity index is 1.59. The lowest BCUT2D eigenvalue weighted by Gasteiger charge is -2.28. The lowest BCUT2D eigenvalue weighted by molar-refractivity contribution is -0.135. The van der Waals surface area contributed by atoms with Gasteiger partial charge in [0.25, 0.3) is 0 Å². The maximum Gasteiger partial charge on any atom is 0.224 e. The highest BCUT2D eigenvalue weighted by Crippen LogP contribution is 2.20. The summed E-state index contributed by atoms with van der Waals surface area (Å²) < 4.78 is 28.0. The highest BCUT2D eigenvalue weighted by molar-refractivity contribution is 7.09. The van der Waals surface area contributed by atoms with Crippen LogP contribution in [0.2, 0.25) is 0 Å². The van der Waals surface area contributed by atoms with Crippen LogP contribution in [0, 0.1) is 5.82 Å². The van der Waals surface area contributed by atoms with Crippen molar-refractivity contribution < 1.29 is 18.7 Å². The maximum atomic E-state index is 13.1. The van der Waals surface area contributed by atoms with Gasteiger partial charge in [-0.1, -0.05) is 12.1 Å². The highest BCUT2D eigenvalue weighted by Gasteiger charge is 2.19. The molecule has 28 heavy (non-hydrogen) atoms. The van der Waals surface area contributed by atoms with E-state index in [4.69, 9.17) is 9.47 Å². The number of halogens is 1. The quantitative estimate of drug-likeness (QED) is 0.632. The van der Waals surface area contributed by atoms with Gasteiger partial charge in [-0.15, -0.1) is 0 Å². The predicted octanol–water partition coefficient (Wildman–Crippen LogP) is 1.97. The molecule has 1 amide bonds. The number of benzene rings is 1. The molecule has 0 saturated carbocycles. The Morgan fingerprint density at radius 2 is 2.04 bits per heavy atom. The van der Waals surface area contributed by atoms with E-state index in [0.717, 1.165) is 10.7 Å². The lowest BCUT2D eigenvalue weighted by atomic mass is 10.1. The molecule has 1 aromatic heterocycles. The van der Waals surface area contributed by atoms with E-state index in [1.54, 1.807) is 19.2 Å². The minimum Gasteiger partial charge on any atom is -0.383 e. The molecule has 0 aliphatic carbocycles. The van der Waals surface area contributed by atoms with Crippen molar-refractivity contribution >= 4 is 22.6 Å². The van der Waals surface area contributed by atoms with E-state index in [2.05, 4.69) is 9.36 Å². The molecule has 0 atom stereocenters. The van der Waals surface area contributed by atoms with Gasteiger partial charge in [-0.25, -0.2) is 9.37 Å². The molecule has 1 aromatic carbocycles.